The molecular weight excluding hydrogens is 355 g/mol. The Morgan fingerprint density at radius 2 is 2.14 bits per heavy atom. The average Bonchev–Trinajstić information content (AvgIpc) is 2.42. The molecule has 5 nitrogen and oxygen atoms in total. The summed E-state index contributed by atoms with van der Waals surface area (Å²) in [7, 11) is 0. The van der Waals surface area contributed by atoms with Crippen LogP contribution >= 0.6 is 15.9 Å². The quantitative estimate of drug-likeness (QED) is 0.330. The molecule has 0 fully saturated rings. The second-order valence-corrected chi connectivity index (χ2v) is 5.18. The Hall–Kier alpha value is -1.77. The van der Waals surface area contributed by atoms with Crippen molar-refractivity contribution >= 4 is 27.7 Å². The molecular formula is C12H13BrF3N3O2. The zero-order valence-corrected chi connectivity index (χ0v) is 12.5. The highest BCUT2D eigenvalue weighted by Gasteiger charge is 2.31. The Morgan fingerprint density at radius 1 is 1.52 bits per heavy atom. The molecule has 0 aromatic heterocycles. The van der Waals surface area contributed by atoms with Gasteiger partial charge in [0.2, 0.25) is 0 Å². The lowest BCUT2D eigenvalue weighted by atomic mass is 10.1. The molecule has 1 aromatic rings. The monoisotopic (exact) mass is 367 g/mol. The van der Waals surface area contributed by atoms with E-state index in [4.69, 9.17) is 10.9 Å². The highest BCUT2D eigenvalue weighted by Crippen LogP contribution is 2.31. The van der Waals surface area contributed by atoms with Crippen molar-refractivity contribution in [2.45, 2.75) is 13.1 Å². The smallest absolute Gasteiger partial charge is 0.409 e. The van der Waals surface area contributed by atoms with Crippen LogP contribution in [0.1, 0.15) is 22.8 Å². The summed E-state index contributed by atoms with van der Waals surface area (Å²) in [4.78, 5) is 11.9. The molecule has 0 heterocycles. The molecule has 1 atom stereocenters. The number of halogens is 4. The van der Waals surface area contributed by atoms with Gasteiger partial charge in [0.1, 0.15) is 5.84 Å². The van der Waals surface area contributed by atoms with Crippen molar-refractivity contribution in [3.8, 4) is 0 Å². The van der Waals surface area contributed by atoms with Gasteiger partial charge in [0, 0.05) is 16.9 Å². The molecule has 0 saturated heterocycles. The Morgan fingerprint density at radius 3 is 2.67 bits per heavy atom. The van der Waals surface area contributed by atoms with Crippen molar-refractivity contribution in [3.05, 3.63) is 33.8 Å². The highest BCUT2D eigenvalue weighted by atomic mass is 79.9. The van der Waals surface area contributed by atoms with E-state index in [-0.39, 0.29) is 22.4 Å². The van der Waals surface area contributed by atoms with Crippen LogP contribution in [0, 0.1) is 5.92 Å². The molecule has 4 N–H and O–H groups in total. The van der Waals surface area contributed by atoms with E-state index in [9.17, 15) is 18.0 Å². The van der Waals surface area contributed by atoms with Gasteiger partial charge >= 0.3 is 6.18 Å². The van der Waals surface area contributed by atoms with E-state index in [0.717, 1.165) is 18.2 Å². The van der Waals surface area contributed by atoms with E-state index in [1.54, 1.807) is 6.92 Å². The molecule has 0 bridgehead atoms. The van der Waals surface area contributed by atoms with Crippen LogP contribution in [0.4, 0.5) is 13.2 Å². The summed E-state index contributed by atoms with van der Waals surface area (Å²) < 4.78 is 38.1. The van der Waals surface area contributed by atoms with Crippen molar-refractivity contribution in [1.82, 2.24) is 5.32 Å². The minimum Gasteiger partial charge on any atom is -0.409 e. The zero-order chi connectivity index (χ0) is 16.2. The molecule has 0 radical (unpaired) electrons. The van der Waals surface area contributed by atoms with Gasteiger partial charge in [0.05, 0.1) is 11.1 Å². The lowest BCUT2D eigenvalue weighted by molar-refractivity contribution is -0.137. The number of amidine groups is 1. The number of hydrogen-bond donors (Lipinski definition) is 3. The van der Waals surface area contributed by atoms with Gasteiger partial charge in [-0.3, -0.25) is 4.79 Å². The van der Waals surface area contributed by atoms with E-state index in [1.807, 2.05) is 0 Å². The van der Waals surface area contributed by atoms with Crippen LogP contribution in [-0.2, 0) is 6.18 Å². The molecule has 0 spiro atoms. The van der Waals surface area contributed by atoms with Crippen LogP contribution in [0.25, 0.3) is 0 Å². The van der Waals surface area contributed by atoms with Gasteiger partial charge in [-0.15, -0.1) is 0 Å². The Kier molecular flexibility index (Phi) is 5.59. The van der Waals surface area contributed by atoms with E-state index in [2.05, 4.69) is 26.4 Å². The number of amides is 1. The predicted molar refractivity (Wildman–Crippen MR) is 74.1 cm³/mol. The molecule has 1 rings (SSSR count). The number of carbonyl (C=O) groups is 1. The molecule has 116 valence electrons. The molecule has 21 heavy (non-hydrogen) atoms. The molecule has 1 unspecified atom stereocenters. The molecule has 0 saturated carbocycles. The van der Waals surface area contributed by atoms with E-state index < -0.39 is 23.6 Å². The Labute approximate surface area is 127 Å². The van der Waals surface area contributed by atoms with Gasteiger partial charge in [-0.25, -0.2) is 0 Å². The number of oxime groups is 1. The van der Waals surface area contributed by atoms with Crippen LogP contribution in [0.3, 0.4) is 0 Å². The minimum atomic E-state index is -4.53. The SMILES string of the molecule is CC(CNC(=O)c1cc(C(F)(F)F)ccc1Br)/C(N)=N/O. The lowest BCUT2D eigenvalue weighted by Crippen LogP contribution is -2.34. The summed E-state index contributed by atoms with van der Waals surface area (Å²) in [5.41, 5.74) is 4.28. The van der Waals surface area contributed by atoms with Gasteiger partial charge in [-0.1, -0.05) is 12.1 Å². The maximum absolute atomic E-state index is 12.6. The number of nitrogens with one attached hydrogen (secondary N) is 1. The first-order chi connectivity index (χ1) is 9.66. The molecule has 0 aliphatic heterocycles. The second kappa shape index (κ2) is 6.79. The Bertz CT molecular complexity index is 561. The van der Waals surface area contributed by atoms with Crippen LogP contribution in [0.5, 0.6) is 0 Å². The number of hydrogen-bond acceptors (Lipinski definition) is 3. The Balaban J connectivity index is 2.88. The normalized spacial score (nSPS) is 13.9. The van der Waals surface area contributed by atoms with Gasteiger partial charge < -0.3 is 16.3 Å². The lowest BCUT2D eigenvalue weighted by Gasteiger charge is -2.13. The number of benzene rings is 1. The first-order valence-electron chi connectivity index (χ1n) is 5.79. The highest BCUT2D eigenvalue weighted by molar-refractivity contribution is 9.10. The van der Waals surface area contributed by atoms with Gasteiger partial charge in [0.15, 0.2) is 0 Å². The fourth-order valence-corrected chi connectivity index (χ4v) is 1.85. The topological polar surface area (TPSA) is 87.7 Å². The van der Waals surface area contributed by atoms with Crippen LogP contribution < -0.4 is 11.1 Å². The molecule has 1 aromatic carbocycles. The average molecular weight is 368 g/mol. The zero-order valence-electron chi connectivity index (χ0n) is 10.9. The van der Waals surface area contributed by atoms with E-state index in [0.29, 0.717) is 0 Å². The number of nitrogens with two attached hydrogens (primary N) is 1. The number of carbonyl (C=O) groups excluding carboxylic acids is 1. The standard InChI is InChI=1S/C12H13BrF3N3O2/c1-6(10(17)19-21)5-18-11(20)8-4-7(12(14,15)16)2-3-9(8)13/h2-4,6,21H,5H2,1H3,(H2,17,19)(H,18,20). The maximum atomic E-state index is 12.6. The van der Waals surface area contributed by atoms with Crippen LogP contribution in [0.2, 0.25) is 0 Å². The first kappa shape index (κ1) is 17.3. The summed E-state index contributed by atoms with van der Waals surface area (Å²) in [5, 5.41) is 13.7. The summed E-state index contributed by atoms with van der Waals surface area (Å²) >= 11 is 3.03. The fourth-order valence-electron chi connectivity index (χ4n) is 1.42. The summed E-state index contributed by atoms with van der Waals surface area (Å²) in [6.07, 6.45) is -4.53. The number of alkyl halides is 3. The van der Waals surface area contributed by atoms with E-state index in [1.165, 1.54) is 0 Å². The third-order valence-electron chi connectivity index (χ3n) is 2.73. The van der Waals surface area contributed by atoms with Crippen molar-refractivity contribution in [2.24, 2.45) is 16.8 Å². The molecule has 1 amide bonds. The van der Waals surface area contributed by atoms with E-state index >= 15 is 0 Å². The first-order valence-corrected chi connectivity index (χ1v) is 6.58. The minimum absolute atomic E-state index is 0.0252. The second-order valence-electron chi connectivity index (χ2n) is 4.33. The predicted octanol–water partition coefficient (Wildman–Crippen LogP) is 2.58. The largest absolute Gasteiger partial charge is 0.416 e. The van der Waals surface area contributed by atoms with Crippen LogP contribution in [0.15, 0.2) is 27.8 Å². The fraction of sp³-hybridized carbons (Fsp3) is 0.333. The molecule has 0 aliphatic rings. The number of rotatable bonds is 4. The maximum Gasteiger partial charge on any atom is 0.416 e. The van der Waals surface area contributed by atoms with Crippen molar-refractivity contribution in [2.75, 3.05) is 6.54 Å². The van der Waals surface area contributed by atoms with Gasteiger partial charge in [-0.05, 0) is 34.1 Å². The van der Waals surface area contributed by atoms with Crippen molar-refractivity contribution in [3.63, 3.8) is 0 Å². The summed E-state index contributed by atoms with van der Waals surface area (Å²) in [5.74, 6) is -1.23. The summed E-state index contributed by atoms with van der Waals surface area (Å²) in [6.45, 7) is 1.62. The van der Waals surface area contributed by atoms with Crippen molar-refractivity contribution < 1.29 is 23.2 Å². The third kappa shape index (κ3) is 4.62. The molecule has 9 heteroatoms. The third-order valence-corrected chi connectivity index (χ3v) is 3.42. The number of nitrogens with zero attached hydrogens (tertiary/aromatic N) is 1. The molecule has 0 aliphatic carbocycles. The van der Waals surface area contributed by atoms with Gasteiger partial charge in [0.25, 0.3) is 5.91 Å². The van der Waals surface area contributed by atoms with Crippen LogP contribution in [-0.4, -0.2) is 23.5 Å². The summed E-state index contributed by atoms with van der Waals surface area (Å²) in [6, 6.07) is 2.79. The van der Waals surface area contributed by atoms with Crippen molar-refractivity contribution in [1.29, 1.82) is 0 Å². The van der Waals surface area contributed by atoms with Gasteiger partial charge in [-0.2, -0.15) is 13.2 Å².